The fourth-order valence-corrected chi connectivity index (χ4v) is 12.6. The van der Waals surface area contributed by atoms with Crippen molar-refractivity contribution in [3.8, 4) is 33.4 Å². The van der Waals surface area contributed by atoms with Gasteiger partial charge in [-0.3, -0.25) is 0 Å². The number of hydrogen-bond donors (Lipinski definition) is 0. The maximum atomic E-state index is 6.32. The minimum atomic E-state index is 0.881. The third-order valence-electron chi connectivity index (χ3n) is 17.0. The number of fused-ring (bicyclic) bond motifs is 6. The zero-order valence-corrected chi connectivity index (χ0v) is 49.1. The smallest absolute Gasteiger partial charge is 0.136 e. The highest BCUT2D eigenvalue weighted by molar-refractivity contribution is 6.07. The quantitative estimate of drug-likeness (QED) is 0.102. The van der Waals surface area contributed by atoms with Gasteiger partial charge in [-0.2, -0.15) is 0 Å². The predicted molar refractivity (Wildman–Crippen MR) is 376 cm³/mol. The minimum Gasteiger partial charge on any atom is -0.456 e. The lowest BCUT2D eigenvalue weighted by atomic mass is 10.0. The Bertz CT molecular complexity index is 4720. The van der Waals surface area contributed by atoms with E-state index >= 15 is 0 Å². The van der Waals surface area contributed by atoms with Gasteiger partial charge < -0.3 is 28.4 Å². The van der Waals surface area contributed by atoms with Crippen LogP contribution < -0.4 is 19.6 Å². The Kier molecular flexibility index (Phi) is 13.8. The van der Waals surface area contributed by atoms with Crippen molar-refractivity contribution in [2.45, 2.75) is 0 Å². The van der Waals surface area contributed by atoms with Crippen LogP contribution in [0.1, 0.15) is 0 Å². The van der Waals surface area contributed by atoms with Crippen molar-refractivity contribution < 1.29 is 8.83 Å². The molecule has 0 fully saturated rings. The molecule has 2 heterocycles. The van der Waals surface area contributed by atoms with Crippen LogP contribution in [0.3, 0.4) is 0 Å². The fourth-order valence-electron chi connectivity index (χ4n) is 12.6. The van der Waals surface area contributed by atoms with Gasteiger partial charge in [-0.25, -0.2) is 0 Å². The molecule has 0 radical (unpaired) electrons. The Labute approximate surface area is 522 Å². The molecular formula is C84H58N4O2. The van der Waals surface area contributed by atoms with Crippen molar-refractivity contribution in [2.24, 2.45) is 0 Å². The topological polar surface area (TPSA) is 39.2 Å². The summed E-state index contributed by atoms with van der Waals surface area (Å²) in [7, 11) is 0. The van der Waals surface area contributed by atoms with Gasteiger partial charge in [0.05, 0.1) is 0 Å². The van der Waals surface area contributed by atoms with E-state index in [0.717, 1.165) is 146 Å². The summed E-state index contributed by atoms with van der Waals surface area (Å²) < 4.78 is 12.6. The zero-order chi connectivity index (χ0) is 59.7. The number of hydrogen-bond acceptors (Lipinski definition) is 6. The molecule has 0 N–H and O–H groups in total. The summed E-state index contributed by atoms with van der Waals surface area (Å²) in [4.78, 5) is 9.26. The molecule has 16 rings (SSSR count). The lowest BCUT2D eigenvalue weighted by Gasteiger charge is -2.29. The summed E-state index contributed by atoms with van der Waals surface area (Å²) in [6.45, 7) is 0. The van der Waals surface area contributed by atoms with Crippen LogP contribution in [0.4, 0.5) is 68.2 Å². The molecule has 6 nitrogen and oxygen atoms in total. The molecule has 0 aliphatic carbocycles. The molecule has 90 heavy (non-hydrogen) atoms. The van der Waals surface area contributed by atoms with E-state index in [-0.39, 0.29) is 0 Å². The van der Waals surface area contributed by atoms with E-state index in [1.807, 2.05) is 24.3 Å². The lowest BCUT2D eigenvalue weighted by Crippen LogP contribution is -2.12. The third kappa shape index (κ3) is 10.2. The van der Waals surface area contributed by atoms with Gasteiger partial charge in [-0.1, -0.05) is 170 Å². The molecular weight excluding hydrogens is 1100 g/mol. The molecule has 0 unspecified atom stereocenters. The van der Waals surface area contributed by atoms with E-state index in [9.17, 15) is 0 Å². The maximum absolute atomic E-state index is 6.32. The van der Waals surface area contributed by atoms with Crippen LogP contribution >= 0.6 is 0 Å². The molecule has 6 heteroatoms. The van der Waals surface area contributed by atoms with E-state index in [2.05, 4.69) is 347 Å². The lowest BCUT2D eigenvalue weighted by molar-refractivity contribution is 0.668. The van der Waals surface area contributed by atoms with Crippen LogP contribution in [-0.2, 0) is 0 Å². The van der Waals surface area contributed by atoms with Gasteiger partial charge in [0.25, 0.3) is 0 Å². The Morgan fingerprint density at radius 3 is 0.600 bits per heavy atom. The van der Waals surface area contributed by atoms with Crippen LogP contribution in [-0.4, -0.2) is 0 Å². The first kappa shape index (κ1) is 53.4. The molecule has 2 aromatic heterocycles. The largest absolute Gasteiger partial charge is 0.456 e. The van der Waals surface area contributed by atoms with Crippen LogP contribution in [0, 0.1) is 0 Å². The van der Waals surface area contributed by atoms with E-state index in [1.165, 1.54) is 0 Å². The number of nitrogens with zero attached hydrogens (tertiary/aromatic N) is 4. The van der Waals surface area contributed by atoms with Gasteiger partial charge in [0.2, 0.25) is 0 Å². The number of rotatable bonds is 15. The minimum absolute atomic E-state index is 0.881. The fraction of sp³-hybridized carbons (Fsp3) is 0. The molecule has 0 aliphatic rings. The van der Waals surface area contributed by atoms with Gasteiger partial charge in [0.1, 0.15) is 22.3 Å². The normalized spacial score (nSPS) is 11.3. The van der Waals surface area contributed by atoms with Crippen LogP contribution in [0.15, 0.2) is 361 Å². The third-order valence-corrected chi connectivity index (χ3v) is 17.0. The van der Waals surface area contributed by atoms with Crippen molar-refractivity contribution >= 4 is 112 Å². The predicted octanol–water partition coefficient (Wildman–Crippen LogP) is 24.4. The van der Waals surface area contributed by atoms with Crippen molar-refractivity contribution in [1.29, 1.82) is 0 Å². The molecule has 0 saturated carbocycles. The number of para-hydroxylation sites is 6. The van der Waals surface area contributed by atoms with Gasteiger partial charge in [0, 0.05) is 89.8 Å². The maximum Gasteiger partial charge on any atom is 0.136 e. The number of benzene rings is 14. The zero-order valence-electron chi connectivity index (χ0n) is 49.1. The summed E-state index contributed by atoms with van der Waals surface area (Å²) >= 11 is 0. The average Bonchev–Trinajstić information content (AvgIpc) is 2.08. The van der Waals surface area contributed by atoms with Gasteiger partial charge >= 0.3 is 0 Å². The second-order valence-electron chi connectivity index (χ2n) is 22.5. The second-order valence-corrected chi connectivity index (χ2v) is 22.5. The molecule has 0 amide bonds. The molecule has 0 atom stereocenters. The SMILES string of the molecule is c1ccc(N(c2ccccc2)c2ccc(N(c3ccc(-c4ccc(N(c5ccc(-c6ccc7c(c6)oc6ccccc67)cc5)c5ccc(N(c6ccccc6)c6ccccc6)cc5)cc4)cc3)c3ccc(-c4ccc5c(c4)oc4ccccc45)cc3)cc2)cc1. The van der Waals surface area contributed by atoms with Crippen LogP contribution in [0.2, 0.25) is 0 Å². The van der Waals surface area contributed by atoms with Crippen LogP contribution in [0.5, 0.6) is 0 Å². The Balaban J connectivity index is 0.734. The summed E-state index contributed by atoms with van der Waals surface area (Å²) in [6, 6.07) is 125. The van der Waals surface area contributed by atoms with Crippen molar-refractivity contribution in [3.63, 3.8) is 0 Å². The molecule has 16 aromatic rings. The van der Waals surface area contributed by atoms with E-state index in [4.69, 9.17) is 8.83 Å². The molecule has 0 spiro atoms. The standard InChI is InChI=1S/C84H58N4O2/c1-5-17-65(18-6-1)85(66-19-7-2-8-20-66)73-47-51-75(52-48-73)87(71-43-33-61(34-44-71)63-37-55-79-77-25-13-15-27-81(77)89-83(79)57-63)69-39-29-59(30-40-69)60-31-41-70(42-32-60)88(76-53-49-74(50-54-76)86(67-21-9-3-10-22-67)68-23-11-4-12-24-68)72-45-35-62(36-46-72)64-38-56-80-78-26-14-16-28-82(78)90-84(80)58-64/h1-58H. The molecule has 0 saturated heterocycles. The Morgan fingerprint density at radius 2 is 0.333 bits per heavy atom. The van der Waals surface area contributed by atoms with Crippen molar-refractivity contribution in [2.75, 3.05) is 19.6 Å². The average molecular weight is 1160 g/mol. The van der Waals surface area contributed by atoms with Gasteiger partial charge in [0.15, 0.2) is 0 Å². The Hall–Kier alpha value is -12.1. The summed E-state index contributed by atoms with van der Waals surface area (Å²) in [5, 5.41) is 4.49. The second kappa shape index (κ2) is 23.3. The summed E-state index contributed by atoms with van der Waals surface area (Å²) in [6.07, 6.45) is 0. The van der Waals surface area contributed by atoms with E-state index in [0.29, 0.717) is 0 Å². The molecule has 0 bridgehead atoms. The van der Waals surface area contributed by atoms with E-state index < -0.39 is 0 Å². The molecule has 426 valence electrons. The van der Waals surface area contributed by atoms with Crippen molar-refractivity contribution in [1.82, 2.24) is 0 Å². The molecule has 14 aromatic carbocycles. The Morgan fingerprint density at radius 1 is 0.144 bits per heavy atom. The summed E-state index contributed by atoms with van der Waals surface area (Å²) in [5.41, 5.74) is 22.9. The first-order valence-corrected chi connectivity index (χ1v) is 30.5. The summed E-state index contributed by atoms with van der Waals surface area (Å²) in [5.74, 6) is 0. The molecule has 0 aliphatic heterocycles. The van der Waals surface area contributed by atoms with Crippen molar-refractivity contribution in [3.05, 3.63) is 352 Å². The first-order valence-electron chi connectivity index (χ1n) is 30.5. The highest BCUT2D eigenvalue weighted by Crippen LogP contribution is 2.44. The van der Waals surface area contributed by atoms with Crippen LogP contribution in [0.25, 0.3) is 77.3 Å². The number of furan rings is 2. The highest BCUT2D eigenvalue weighted by atomic mass is 16.3. The van der Waals surface area contributed by atoms with E-state index in [1.54, 1.807) is 0 Å². The monoisotopic (exact) mass is 1150 g/mol. The van der Waals surface area contributed by atoms with Gasteiger partial charge in [-0.15, -0.1) is 0 Å². The van der Waals surface area contributed by atoms with Gasteiger partial charge in [-0.05, 0) is 215 Å². The first-order chi connectivity index (χ1) is 44.6. The highest BCUT2D eigenvalue weighted by Gasteiger charge is 2.20. The number of anilines is 12.